The van der Waals surface area contributed by atoms with Crippen LogP contribution >= 0.6 is 15.9 Å². The molecular formula is C22H27BrN2O4. The highest BCUT2D eigenvalue weighted by Gasteiger charge is 2.20. The van der Waals surface area contributed by atoms with Crippen LogP contribution in [0.15, 0.2) is 40.9 Å². The molecule has 0 radical (unpaired) electrons. The molecule has 0 fully saturated rings. The second kappa shape index (κ2) is 9.78. The van der Waals surface area contributed by atoms with E-state index in [-0.39, 0.29) is 18.6 Å². The zero-order chi connectivity index (χ0) is 21.6. The quantitative estimate of drug-likeness (QED) is 0.636. The van der Waals surface area contributed by atoms with Gasteiger partial charge in [0.2, 0.25) is 0 Å². The second-order valence-corrected chi connectivity index (χ2v) is 8.75. The number of ether oxygens (including phenoxy) is 2. The summed E-state index contributed by atoms with van der Waals surface area (Å²) in [4.78, 5) is 23.9. The Morgan fingerprint density at radius 1 is 0.897 bits per heavy atom. The van der Waals surface area contributed by atoms with Crippen molar-refractivity contribution in [2.75, 3.05) is 13.2 Å². The van der Waals surface area contributed by atoms with Crippen LogP contribution < -0.4 is 20.3 Å². The van der Waals surface area contributed by atoms with Crippen LogP contribution in [0.5, 0.6) is 11.5 Å². The Bertz CT molecular complexity index is 891. The number of carbonyl (C=O) groups excluding carboxylic acids is 2. The highest BCUT2D eigenvalue weighted by molar-refractivity contribution is 9.10. The van der Waals surface area contributed by atoms with Crippen molar-refractivity contribution < 1.29 is 19.1 Å². The van der Waals surface area contributed by atoms with Crippen LogP contribution in [0.1, 0.15) is 37.5 Å². The molecule has 156 valence electrons. The first kappa shape index (κ1) is 22.7. The maximum atomic E-state index is 12.0. The molecule has 0 atom stereocenters. The van der Waals surface area contributed by atoms with Crippen molar-refractivity contribution in [2.24, 2.45) is 0 Å². The lowest BCUT2D eigenvalue weighted by Gasteiger charge is -2.23. The summed E-state index contributed by atoms with van der Waals surface area (Å²) >= 11 is 3.45. The number of halogens is 1. The third-order valence-electron chi connectivity index (χ3n) is 4.14. The van der Waals surface area contributed by atoms with Gasteiger partial charge in [0, 0.05) is 10.0 Å². The lowest BCUT2D eigenvalue weighted by atomic mass is 9.86. The Hall–Kier alpha value is -2.54. The summed E-state index contributed by atoms with van der Waals surface area (Å²) in [5, 5.41) is 0. The number of carbonyl (C=O) groups is 2. The molecule has 2 aromatic rings. The van der Waals surface area contributed by atoms with Crippen molar-refractivity contribution in [1.29, 1.82) is 0 Å². The van der Waals surface area contributed by atoms with E-state index in [0.717, 1.165) is 21.2 Å². The summed E-state index contributed by atoms with van der Waals surface area (Å²) < 4.78 is 12.1. The van der Waals surface area contributed by atoms with Crippen molar-refractivity contribution in [3.8, 4) is 11.5 Å². The Morgan fingerprint density at radius 3 is 2.00 bits per heavy atom. The topological polar surface area (TPSA) is 76.7 Å². The molecule has 0 aromatic heterocycles. The molecule has 7 heteroatoms. The van der Waals surface area contributed by atoms with E-state index in [1.807, 2.05) is 50.2 Å². The number of hydrazine groups is 1. The summed E-state index contributed by atoms with van der Waals surface area (Å²) in [6.07, 6.45) is 0. The van der Waals surface area contributed by atoms with Crippen molar-refractivity contribution >= 4 is 27.7 Å². The van der Waals surface area contributed by atoms with E-state index in [9.17, 15) is 9.59 Å². The highest BCUT2D eigenvalue weighted by Crippen LogP contribution is 2.33. The minimum absolute atomic E-state index is 0.144. The number of hydrogen-bond donors (Lipinski definition) is 2. The van der Waals surface area contributed by atoms with Crippen LogP contribution in [0.25, 0.3) is 0 Å². The van der Waals surface area contributed by atoms with Gasteiger partial charge < -0.3 is 9.47 Å². The van der Waals surface area contributed by atoms with Crippen LogP contribution in [-0.2, 0) is 15.0 Å². The fourth-order valence-electron chi connectivity index (χ4n) is 2.67. The number of rotatable bonds is 6. The SMILES string of the molecule is Cc1ccc(OCC(=O)NNC(=O)COc2ccc(Br)cc2C(C)(C)C)c(C)c1. The van der Waals surface area contributed by atoms with Crippen LogP contribution in [0.4, 0.5) is 0 Å². The van der Waals surface area contributed by atoms with Gasteiger partial charge in [-0.25, -0.2) is 0 Å². The van der Waals surface area contributed by atoms with Gasteiger partial charge in [-0.15, -0.1) is 0 Å². The van der Waals surface area contributed by atoms with Crippen molar-refractivity contribution in [3.05, 3.63) is 57.6 Å². The molecule has 0 heterocycles. The highest BCUT2D eigenvalue weighted by atomic mass is 79.9. The van der Waals surface area contributed by atoms with Crippen molar-refractivity contribution in [1.82, 2.24) is 10.9 Å². The predicted molar refractivity (Wildman–Crippen MR) is 116 cm³/mol. The van der Waals surface area contributed by atoms with E-state index in [4.69, 9.17) is 9.47 Å². The Kier molecular flexibility index (Phi) is 7.67. The second-order valence-electron chi connectivity index (χ2n) is 7.83. The average Bonchev–Trinajstić information content (AvgIpc) is 2.63. The predicted octanol–water partition coefficient (Wildman–Crippen LogP) is 3.97. The maximum absolute atomic E-state index is 12.0. The van der Waals surface area contributed by atoms with E-state index in [2.05, 4.69) is 47.6 Å². The first-order valence-electron chi connectivity index (χ1n) is 9.27. The molecule has 6 nitrogen and oxygen atoms in total. The summed E-state index contributed by atoms with van der Waals surface area (Å²) in [6.45, 7) is 9.68. The Balaban J connectivity index is 1.81. The van der Waals surface area contributed by atoms with Gasteiger partial charge in [-0.1, -0.05) is 54.4 Å². The molecule has 0 aliphatic heterocycles. The molecule has 0 aliphatic carbocycles. The van der Waals surface area contributed by atoms with E-state index >= 15 is 0 Å². The van der Waals surface area contributed by atoms with Crippen molar-refractivity contribution in [2.45, 2.75) is 40.0 Å². The molecule has 0 unspecified atom stereocenters. The molecule has 0 spiro atoms. The molecule has 29 heavy (non-hydrogen) atoms. The van der Waals surface area contributed by atoms with Gasteiger partial charge in [0.05, 0.1) is 0 Å². The molecule has 0 saturated heterocycles. The molecule has 2 aromatic carbocycles. The average molecular weight is 463 g/mol. The number of hydrogen-bond acceptors (Lipinski definition) is 4. The molecule has 2 N–H and O–H groups in total. The van der Waals surface area contributed by atoms with Crippen LogP contribution in [0.3, 0.4) is 0 Å². The van der Waals surface area contributed by atoms with E-state index in [1.165, 1.54) is 0 Å². The largest absolute Gasteiger partial charge is 0.483 e. The number of benzene rings is 2. The zero-order valence-electron chi connectivity index (χ0n) is 17.4. The smallest absolute Gasteiger partial charge is 0.276 e. The lowest BCUT2D eigenvalue weighted by Crippen LogP contribution is -2.45. The van der Waals surface area contributed by atoms with Gasteiger partial charge in [-0.05, 0) is 49.1 Å². The van der Waals surface area contributed by atoms with E-state index in [1.54, 1.807) is 0 Å². The molecule has 2 rings (SSSR count). The third-order valence-corrected chi connectivity index (χ3v) is 4.63. The zero-order valence-corrected chi connectivity index (χ0v) is 19.0. The normalized spacial score (nSPS) is 11.0. The Morgan fingerprint density at radius 2 is 1.45 bits per heavy atom. The van der Waals surface area contributed by atoms with Gasteiger partial charge >= 0.3 is 0 Å². The standard InChI is InChI=1S/C22H27BrN2O4/c1-14-6-8-18(15(2)10-14)28-12-20(26)24-25-21(27)13-29-19-9-7-16(23)11-17(19)22(3,4)5/h6-11H,12-13H2,1-5H3,(H,24,26)(H,25,27). The Labute approximate surface area is 180 Å². The molecule has 2 amide bonds. The summed E-state index contributed by atoms with van der Waals surface area (Å²) in [5.41, 5.74) is 7.55. The summed E-state index contributed by atoms with van der Waals surface area (Å²) in [7, 11) is 0. The van der Waals surface area contributed by atoms with E-state index in [0.29, 0.717) is 11.5 Å². The van der Waals surface area contributed by atoms with Crippen LogP contribution in [0, 0.1) is 13.8 Å². The fourth-order valence-corrected chi connectivity index (χ4v) is 3.03. The van der Waals surface area contributed by atoms with Crippen LogP contribution in [-0.4, -0.2) is 25.0 Å². The van der Waals surface area contributed by atoms with E-state index < -0.39 is 11.8 Å². The molecule has 0 bridgehead atoms. The number of aryl methyl sites for hydroxylation is 2. The van der Waals surface area contributed by atoms with Gasteiger partial charge in [-0.3, -0.25) is 20.4 Å². The van der Waals surface area contributed by atoms with Gasteiger partial charge in [-0.2, -0.15) is 0 Å². The molecule has 0 aliphatic rings. The van der Waals surface area contributed by atoms with Crippen LogP contribution in [0.2, 0.25) is 0 Å². The fraction of sp³-hybridized carbons (Fsp3) is 0.364. The molecule has 0 saturated carbocycles. The lowest BCUT2D eigenvalue weighted by molar-refractivity contribution is -0.131. The first-order chi connectivity index (χ1) is 13.6. The monoisotopic (exact) mass is 462 g/mol. The number of amides is 2. The summed E-state index contributed by atoms with van der Waals surface area (Å²) in [5.74, 6) is 0.329. The van der Waals surface area contributed by atoms with Gasteiger partial charge in [0.25, 0.3) is 11.8 Å². The minimum Gasteiger partial charge on any atom is -0.483 e. The maximum Gasteiger partial charge on any atom is 0.276 e. The van der Waals surface area contributed by atoms with Gasteiger partial charge in [0.1, 0.15) is 11.5 Å². The molecular weight excluding hydrogens is 436 g/mol. The minimum atomic E-state index is -0.465. The summed E-state index contributed by atoms with van der Waals surface area (Å²) in [6, 6.07) is 11.3. The third kappa shape index (κ3) is 7.09. The van der Waals surface area contributed by atoms with Gasteiger partial charge in [0.15, 0.2) is 13.2 Å². The first-order valence-corrected chi connectivity index (χ1v) is 10.1. The number of nitrogens with one attached hydrogen (secondary N) is 2. The van der Waals surface area contributed by atoms with Crippen molar-refractivity contribution in [3.63, 3.8) is 0 Å².